The van der Waals surface area contributed by atoms with Crippen LogP contribution in [0.4, 0.5) is 5.69 Å². The van der Waals surface area contributed by atoms with Crippen LogP contribution in [0.2, 0.25) is 0 Å². The molecule has 0 bridgehead atoms. The van der Waals surface area contributed by atoms with Crippen molar-refractivity contribution in [2.24, 2.45) is 0 Å². The Morgan fingerprint density at radius 3 is 2.80 bits per heavy atom. The smallest absolute Gasteiger partial charge is 0.294 e. The van der Waals surface area contributed by atoms with Crippen LogP contribution in [-0.4, -0.2) is 20.4 Å². The summed E-state index contributed by atoms with van der Waals surface area (Å²) in [4.78, 5) is 27.1. The van der Waals surface area contributed by atoms with Crippen LogP contribution in [0.25, 0.3) is 5.69 Å². The van der Waals surface area contributed by atoms with E-state index in [0.717, 1.165) is 11.1 Å². The first kappa shape index (κ1) is 16.4. The zero-order valence-electron chi connectivity index (χ0n) is 13.5. The van der Waals surface area contributed by atoms with Crippen molar-refractivity contribution < 1.29 is 9.72 Å². The van der Waals surface area contributed by atoms with Gasteiger partial charge < -0.3 is 9.88 Å². The molecule has 7 nitrogen and oxygen atoms in total. The average Bonchev–Trinajstić information content (AvgIpc) is 3.13. The number of nitro benzene ring substituents is 1. The van der Waals surface area contributed by atoms with Gasteiger partial charge in [0.2, 0.25) is 0 Å². The van der Waals surface area contributed by atoms with E-state index in [4.69, 9.17) is 0 Å². The van der Waals surface area contributed by atoms with E-state index >= 15 is 0 Å². The first-order chi connectivity index (χ1) is 12.0. The summed E-state index contributed by atoms with van der Waals surface area (Å²) in [6, 6.07) is 12.2. The van der Waals surface area contributed by atoms with Gasteiger partial charge in [-0.3, -0.25) is 14.9 Å². The number of imidazole rings is 1. The van der Waals surface area contributed by atoms with Crippen LogP contribution in [0.5, 0.6) is 0 Å². The molecule has 1 heterocycles. The normalized spacial score (nSPS) is 10.4. The van der Waals surface area contributed by atoms with E-state index < -0.39 is 4.92 Å². The second-order valence-corrected chi connectivity index (χ2v) is 5.60. The Kier molecular flexibility index (Phi) is 4.56. The first-order valence-corrected chi connectivity index (χ1v) is 7.65. The lowest BCUT2D eigenvalue weighted by molar-refractivity contribution is -0.384. The van der Waals surface area contributed by atoms with Crippen LogP contribution in [0, 0.1) is 17.0 Å². The van der Waals surface area contributed by atoms with Gasteiger partial charge in [-0.15, -0.1) is 0 Å². The predicted molar refractivity (Wildman–Crippen MR) is 92.6 cm³/mol. The quantitative estimate of drug-likeness (QED) is 0.573. The second kappa shape index (κ2) is 6.96. The minimum atomic E-state index is -0.507. The fraction of sp³-hybridized carbons (Fsp3) is 0.111. The van der Waals surface area contributed by atoms with Crippen LogP contribution < -0.4 is 5.32 Å². The van der Waals surface area contributed by atoms with Gasteiger partial charge in [-0.1, -0.05) is 29.8 Å². The maximum absolute atomic E-state index is 12.3. The van der Waals surface area contributed by atoms with Gasteiger partial charge in [0, 0.05) is 30.6 Å². The fourth-order valence-electron chi connectivity index (χ4n) is 2.54. The van der Waals surface area contributed by atoms with E-state index in [0.29, 0.717) is 12.2 Å². The zero-order chi connectivity index (χ0) is 17.8. The summed E-state index contributed by atoms with van der Waals surface area (Å²) >= 11 is 0. The Labute approximate surface area is 144 Å². The van der Waals surface area contributed by atoms with Crippen molar-refractivity contribution in [3.8, 4) is 5.69 Å². The summed E-state index contributed by atoms with van der Waals surface area (Å²) in [5.74, 6) is -0.359. The van der Waals surface area contributed by atoms with Gasteiger partial charge >= 0.3 is 0 Å². The highest BCUT2D eigenvalue weighted by Crippen LogP contribution is 2.24. The molecule has 1 aromatic heterocycles. The Bertz CT molecular complexity index is 920. The highest BCUT2D eigenvalue weighted by Gasteiger charge is 2.18. The number of nitrogens with one attached hydrogen (secondary N) is 1. The lowest BCUT2D eigenvalue weighted by Crippen LogP contribution is -2.23. The molecule has 0 atom stereocenters. The molecule has 25 heavy (non-hydrogen) atoms. The maximum Gasteiger partial charge on any atom is 0.294 e. The van der Waals surface area contributed by atoms with E-state index in [9.17, 15) is 14.9 Å². The van der Waals surface area contributed by atoms with Crippen molar-refractivity contribution in [1.82, 2.24) is 14.9 Å². The number of aromatic nitrogens is 2. The van der Waals surface area contributed by atoms with Gasteiger partial charge in [0.1, 0.15) is 5.69 Å². The number of hydrogen-bond donors (Lipinski definition) is 1. The van der Waals surface area contributed by atoms with Crippen molar-refractivity contribution in [3.63, 3.8) is 0 Å². The number of nitrogens with zero attached hydrogens (tertiary/aromatic N) is 3. The number of carbonyl (C=O) groups is 1. The molecular weight excluding hydrogens is 320 g/mol. The molecule has 1 amide bonds. The lowest BCUT2D eigenvalue weighted by atomic mass is 10.1. The molecule has 0 aliphatic rings. The maximum atomic E-state index is 12.3. The third kappa shape index (κ3) is 3.72. The van der Waals surface area contributed by atoms with Crippen molar-refractivity contribution in [3.05, 3.63) is 88.0 Å². The summed E-state index contributed by atoms with van der Waals surface area (Å²) < 4.78 is 1.53. The standard InChI is InChI=1S/C18H16N4O3/c1-13-3-2-4-14(9-13)11-20-18(23)15-5-6-16(17(10-15)22(24)25)21-8-7-19-12-21/h2-10,12H,11H2,1H3,(H,20,23). The summed E-state index contributed by atoms with van der Waals surface area (Å²) in [6.45, 7) is 2.33. The van der Waals surface area contributed by atoms with Crippen LogP contribution in [0.15, 0.2) is 61.2 Å². The third-order valence-corrected chi connectivity index (χ3v) is 3.75. The summed E-state index contributed by atoms with van der Waals surface area (Å²) in [6.07, 6.45) is 4.62. The SMILES string of the molecule is Cc1cccc(CNC(=O)c2ccc(-n3ccnc3)c([N+](=O)[O-])c2)c1. The van der Waals surface area contributed by atoms with Crippen LogP contribution in [0.3, 0.4) is 0 Å². The van der Waals surface area contributed by atoms with E-state index in [2.05, 4.69) is 10.3 Å². The van der Waals surface area contributed by atoms with E-state index in [1.54, 1.807) is 18.3 Å². The van der Waals surface area contributed by atoms with Gasteiger partial charge in [-0.2, -0.15) is 0 Å². The fourth-order valence-corrected chi connectivity index (χ4v) is 2.54. The largest absolute Gasteiger partial charge is 0.348 e. The Morgan fingerprint density at radius 1 is 1.28 bits per heavy atom. The van der Waals surface area contributed by atoms with E-state index in [1.807, 2.05) is 31.2 Å². The number of carbonyl (C=O) groups excluding carboxylic acids is 1. The molecule has 0 unspecified atom stereocenters. The number of benzene rings is 2. The molecule has 1 N–H and O–H groups in total. The van der Waals surface area contributed by atoms with Gasteiger partial charge in [0.05, 0.1) is 11.3 Å². The second-order valence-electron chi connectivity index (χ2n) is 5.60. The van der Waals surface area contributed by atoms with Gasteiger partial charge in [-0.25, -0.2) is 4.98 Å². The average molecular weight is 336 g/mol. The number of rotatable bonds is 5. The van der Waals surface area contributed by atoms with Crippen LogP contribution >= 0.6 is 0 Å². The molecular formula is C18H16N4O3. The van der Waals surface area contributed by atoms with Gasteiger partial charge in [0.25, 0.3) is 11.6 Å². The monoisotopic (exact) mass is 336 g/mol. The topological polar surface area (TPSA) is 90.1 Å². The van der Waals surface area contributed by atoms with Gasteiger partial charge in [-0.05, 0) is 24.6 Å². The van der Waals surface area contributed by atoms with Crippen molar-refractivity contribution >= 4 is 11.6 Å². The Balaban J connectivity index is 1.81. The summed E-state index contributed by atoms with van der Waals surface area (Å²) in [5.41, 5.74) is 2.52. The Morgan fingerprint density at radius 2 is 2.12 bits per heavy atom. The molecule has 0 aliphatic heterocycles. The van der Waals surface area contributed by atoms with Crippen molar-refractivity contribution in [2.75, 3.05) is 0 Å². The number of aryl methyl sites for hydroxylation is 1. The highest BCUT2D eigenvalue weighted by atomic mass is 16.6. The lowest BCUT2D eigenvalue weighted by Gasteiger charge is -2.08. The molecule has 0 saturated carbocycles. The highest BCUT2D eigenvalue weighted by molar-refractivity contribution is 5.95. The molecule has 2 aromatic carbocycles. The number of nitro groups is 1. The molecule has 3 aromatic rings. The minimum Gasteiger partial charge on any atom is -0.348 e. The van der Waals surface area contributed by atoms with E-state index in [-0.39, 0.29) is 17.2 Å². The number of amides is 1. The van der Waals surface area contributed by atoms with Crippen molar-refractivity contribution in [1.29, 1.82) is 0 Å². The van der Waals surface area contributed by atoms with Crippen molar-refractivity contribution in [2.45, 2.75) is 13.5 Å². The molecule has 0 aliphatic carbocycles. The minimum absolute atomic E-state index is 0.152. The van der Waals surface area contributed by atoms with E-state index in [1.165, 1.54) is 23.2 Å². The molecule has 0 radical (unpaired) electrons. The first-order valence-electron chi connectivity index (χ1n) is 7.65. The summed E-state index contributed by atoms with van der Waals surface area (Å²) in [5, 5.41) is 14.1. The molecule has 0 saturated heterocycles. The third-order valence-electron chi connectivity index (χ3n) is 3.75. The Hall–Kier alpha value is -3.48. The molecule has 0 spiro atoms. The van der Waals surface area contributed by atoms with Crippen LogP contribution in [-0.2, 0) is 6.54 Å². The summed E-state index contributed by atoms with van der Waals surface area (Å²) in [7, 11) is 0. The number of hydrogen-bond acceptors (Lipinski definition) is 4. The van der Waals surface area contributed by atoms with Gasteiger partial charge in [0.15, 0.2) is 0 Å². The van der Waals surface area contributed by atoms with Crippen LogP contribution in [0.1, 0.15) is 21.5 Å². The molecule has 3 rings (SSSR count). The molecule has 7 heteroatoms. The predicted octanol–water partition coefficient (Wildman–Crippen LogP) is 3.02. The zero-order valence-corrected chi connectivity index (χ0v) is 13.5. The molecule has 0 fully saturated rings. The molecule has 126 valence electrons.